The van der Waals surface area contributed by atoms with Crippen LogP contribution < -0.4 is 10.9 Å². The zero-order chi connectivity index (χ0) is 23.2. The average Bonchev–Trinajstić information content (AvgIpc) is 3.32. The number of carbonyl (C=O) groups is 1. The number of fused-ring (bicyclic) bond motifs is 1. The number of furan rings is 1. The molecule has 2 heterocycles. The molecule has 2 aromatic heterocycles. The number of benzene rings is 2. The molecule has 0 saturated heterocycles. The molecule has 0 radical (unpaired) electrons. The zero-order valence-electron chi connectivity index (χ0n) is 17.2. The SMILES string of the molecule is N#CCSc1ccccc1NC(=O)CSc1nc2cc(Cl)ccc2c(=O)n1Cc1ccco1. The molecule has 0 spiro atoms. The normalized spacial score (nSPS) is 10.8. The van der Waals surface area contributed by atoms with Gasteiger partial charge in [-0.2, -0.15) is 5.26 Å². The number of amides is 1. The van der Waals surface area contributed by atoms with Crippen LogP contribution in [0.1, 0.15) is 5.76 Å². The monoisotopic (exact) mass is 496 g/mol. The van der Waals surface area contributed by atoms with E-state index in [2.05, 4.69) is 16.4 Å². The van der Waals surface area contributed by atoms with E-state index in [-0.39, 0.29) is 29.5 Å². The second-order valence-corrected chi connectivity index (χ2v) is 9.20. The van der Waals surface area contributed by atoms with Crippen molar-refractivity contribution in [3.8, 4) is 6.07 Å². The van der Waals surface area contributed by atoms with E-state index in [1.165, 1.54) is 22.6 Å². The lowest BCUT2D eigenvalue weighted by Crippen LogP contribution is -2.24. The van der Waals surface area contributed by atoms with Crippen molar-refractivity contribution in [2.24, 2.45) is 0 Å². The molecule has 0 unspecified atom stereocenters. The van der Waals surface area contributed by atoms with E-state index in [1.807, 2.05) is 18.2 Å². The summed E-state index contributed by atoms with van der Waals surface area (Å²) in [7, 11) is 0. The summed E-state index contributed by atoms with van der Waals surface area (Å²) < 4.78 is 6.90. The Labute approximate surface area is 202 Å². The molecule has 0 bridgehead atoms. The van der Waals surface area contributed by atoms with Gasteiger partial charge in [0.05, 0.1) is 47.0 Å². The van der Waals surface area contributed by atoms with E-state index in [4.69, 9.17) is 21.3 Å². The second-order valence-electron chi connectivity index (χ2n) is 6.81. The first-order chi connectivity index (χ1) is 16.0. The van der Waals surface area contributed by atoms with Crippen LogP contribution in [0.15, 0.2) is 80.1 Å². The standard InChI is InChI=1S/C23H17ClN4O3S2/c24-15-7-8-17-19(12-15)27-23(28(22(17)30)13-16-4-3-10-31-16)33-14-21(29)26-18-5-1-2-6-20(18)32-11-9-25/h1-8,10,12H,11,13-14H2,(H,26,29). The third kappa shape index (κ3) is 5.60. The topological polar surface area (TPSA) is 101 Å². The van der Waals surface area contributed by atoms with Crippen molar-refractivity contribution in [2.75, 3.05) is 16.8 Å². The Bertz CT molecular complexity index is 1400. The van der Waals surface area contributed by atoms with Crippen molar-refractivity contribution < 1.29 is 9.21 Å². The van der Waals surface area contributed by atoms with Crippen molar-refractivity contribution in [1.82, 2.24) is 9.55 Å². The summed E-state index contributed by atoms with van der Waals surface area (Å²) in [4.78, 5) is 31.2. The number of halogens is 1. The quantitative estimate of drug-likeness (QED) is 0.269. The van der Waals surface area contributed by atoms with Gasteiger partial charge in [0.1, 0.15) is 5.76 Å². The third-order valence-corrected chi connectivity index (χ3v) is 6.71. The summed E-state index contributed by atoms with van der Waals surface area (Å²) in [5.74, 6) is 0.662. The predicted molar refractivity (Wildman–Crippen MR) is 131 cm³/mol. The minimum atomic E-state index is -0.255. The van der Waals surface area contributed by atoms with Gasteiger partial charge < -0.3 is 9.73 Å². The molecule has 4 aromatic rings. The van der Waals surface area contributed by atoms with Crippen molar-refractivity contribution in [3.05, 3.63) is 82.0 Å². The molecule has 0 aliphatic rings. The molecule has 7 nitrogen and oxygen atoms in total. The van der Waals surface area contributed by atoms with Gasteiger partial charge in [-0.3, -0.25) is 14.2 Å². The zero-order valence-corrected chi connectivity index (χ0v) is 19.5. The van der Waals surface area contributed by atoms with Crippen LogP contribution in [-0.4, -0.2) is 27.0 Å². The first kappa shape index (κ1) is 23.0. The van der Waals surface area contributed by atoms with Crippen LogP contribution in [0.2, 0.25) is 5.02 Å². The van der Waals surface area contributed by atoms with Crippen LogP contribution in [0, 0.1) is 11.3 Å². The molecule has 0 aliphatic heterocycles. The van der Waals surface area contributed by atoms with Gasteiger partial charge in [0.15, 0.2) is 5.16 Å². The molecule has 166 valence electrons. The lowest BCUT2D eigenvalue weighted by Gasteiger charge is -2.13. The highest BCUT2D eigenvalue weighted by atomic mass is 35.5. The molecule has 4 rings (SSSR count). The summed E-state index contributed by atoms with van der Waals surface area (Å²) in [5.41, 5.74) is 0.855. The number of nitriles is 1. The largest absolute Gasteiger partial charge is 0.467 e. The van der Waals surface area contributed by atoms with Crippen LogP contribution in [0.4, 0.5) is 5.69 Å². The van der Waals surface area contributed by atoms with E-state index < -0.39 is 0 Å². The molecule has 2 aromatic carbocycles. The van der Waals surface area contributed by atoms with E-state index in [0.29, 0.717) is 32.5 Å². The molecule has 10 heteroatoms. The molecule has 1 amide bonds. The van der Waals surface area contributed by atoms with Gasteiger partial charge in [0, 0.05) is 9.92 Å². The van der Waals surface area contributed by atoms with Crippen LogP contribution in [0.5, 0.6) is 0 Å². The molecule has 0 aliphatic carbocycles. The van der Waals surface area contributed by atoms with Gasteiger partial charge in [-0.25, -0.2) is 4.98 Å². The number of para-hydroxylation sites is 1. The Morgan fingerprint density at radius 3 is 2.82 bits per heavy atom. The lowest BCUT2D eigenvalue weighted by molar-refractivity contribution is -0.113. The maximum Gasteiger partial charge on any atom is 0.262 e. The smallest absolute Gasteiger partial charge is 0.262 e. The molecular formula is C23H17ClN4O3S2. The van der Waals surface area contributed by atoms with Crippen LogP contribution in [0.25, 0.3) is 10.9 Å². The van der Waals surface area contributed by atoms with Crippen LogP contribution >= 0.6 is 35.1 Å². The van der Waals surface area contributed by atoms with Gasteiger partial charge in [-0.05, 0) is 42.5 Å². The van der Waals surface area contributed by atoms with Crippen LogP contribution in [0.3, 0.4) is 0 Å². The first-order valence-corrected chi connectivity index (χ1v) is 12.1. The number of carbonyl (C=O) groups excluding carboxylic acids is 1. The first-order valence-electron chi connectivity index (χ1n) is 9.79. The summed E-state index contributed by atoms with van der Waals surface area (Å²) >= 11 is 8.59. The minimum absolute atomic E-state index is 0.0356. The fourth-order valence-corrected chi connectivity index (χ4v) is 4.74. The van der Waals surface area contributed by atoms with Crippen molar-refractivity contribution >= 4 is 57.6 Å². The fraction of sp³-hybridized carbons (Fsp3) is 0.130. The average molecular weight is 497 g/mol. The van der Waals surface area contributed by atoms with Crippen molar-refractivity contribution in [2.45, 2.75) is 16.6 Å². The number of nitrogens with zero attached hydrogens (tertiary/aromatic N) is 3. The maximum atomic E-state index is 13.2. The second kappa shape index (κ2) is 10.6. The predicted octanol–water partition coefficient (Wildman–Crippen LogP) is 5.04. The Balaban J connectivity index is 1.58. The molecule has 33 heavy (non-hydrogen) atoms. The Morgan fingerprint density at radius 2 is 2.03 bits per heavy atom. The molecule has 0 saturated carbocycles. The summed E-state index contributed by atoms with van der Waals surface area (Å²) in [6, 6.07) is 17.8. The highest BCUT2D eigenvalue weighted by Crippen LogP contribution is 2.27. The van der Waals surface area contributed by atoms with Crippen molar-refractivity contribution in [3.63, 3.8) is 0 Å². The number of nitrogens with one attached hydrogen (secondary N) is 1. The summed E-state index contributed by atoms with van der Waals surface area (Å²) in [6.07, 6.45) is 1.54. The highest BCUT2D eigenvalue weighted by molar-refractivity contribution is 8.00. The summed E-state index contributed by atoms with van der Waals surface area (Å²) in [6.45, 7) is 0.189. The lowest BCUT2D eigenvalue weighted by atomic mass is 10.2. The molecule has 1 N–H and O–H groups in total. The number of rotatable bonds is 8. The third-order valence-electron chi connectivity index (χ3n) is 4.56. The van der Waals surface area contributed by atoms with Gasteiger partial charge in [-0.1, -0.05) is 35.5 Å². The maximum absolute atomic E-state index is 13.2. The summed E-state index contributed by atoms with van der Waals surface area (Å²) in [5, 5.41) is 13.0. The van der Waals surface area contributed by atoms with Crippen LogP contribution in [-0.2, 0) is 11.3 Å². The highest BCUT2D eigenvalue weighted by Gasteiger charge is 2.16. The number of thioether (sulfide) groups is 2. The Hall–Kier alpha value is -3.19. The van der Waals surface area contributed by atoms with E-state index in [0.717, 1.165) is 16.7 Å². The molecule has 0 fully saturated rings. The van der Waals surface area contributed by atoms with Gasteiger partial charge in [0.25, 0.3) is 5.56 Å². The molecular weight excluding hydrogens is 480 g/mol. The number of anilines is 1. The fourth-order valence-electron chi connectivity index (χ4n) is 3.10. The van der Waals surface area contributed by atoms with Crippen molar-refractivity contribution in [1.29, 1.82) is 5.26 Å². The van der Waals surface area contributed by atoms with E-state index >= 15 is 0 Å². The number of hydrogen-bond donors (Lipinski definition) is 1. The van der Waals surface area contributed by atoms with E-state index in [9.17, 15) is 9.59 Å². The van der Waals surface area contributed by atoms with Gasteiger partial charge >= 0.3 is 0 Å². The number of aromatic nitrogens is 2. The Kier molecular flexibility index (Phi) is 7.40. The van der Waals surface area contributed by atoms with Gasteiger partial charge in [-0.15, -0.1) is 11.8 Å². The van der Waals surface area contributed by atoms with Gasteiger partial charge in [0.2, 0.25) is 5.91 Å². The number of hydrogen-bond acceptors (Lipinski definition) is 7. The minimum Gasteiger partial charge on any atom is -0.467 e. The molecule has 0 atom stereocenters. The van der Waals surface area contributed by atoms with E-state index in [1.54, 1.807) is 36.4 Å². The Morgan fingerprint density at radius 1 is 1.18 bits per heavy atom.